The summed E-state index contributed by atoms with van der Waals surface area (Å²) in [4.78, 5) is 12.1. The highest BCUT2D eigenvalue weighted by molar-refractivity contribution is 5.28. The largest absolute Gasteiger partial charge is 0.467 e. The van der Waals surface area contributed by atoms with Crippen molar-refractivity contribution in [3.63, 3.8) is 0 Å². The Morgan fingerprint density at radius 3 is 2.06 bits per heavy atom. The monoisotopic (exact) mass is 254 g/mol. The minimum atomic E-state index is -0.0902. The quantitative estimate of drug-likeness (QED) is 0.806. The number of nitrogens with one attached hydrogen (secondary N) is 1. The Balaban J connectivity index is 2.04. The maximum atomic E-state index is 5.51. The molecule has 0 unspecified atom stereocenters. The van der Waals surface area contributed by atoms with E-state index in [0.29, 0.717) is 12.5 Å². The number of ether oxygens (including phenoxy) is 3. The Kier molecular flexibility index (Phi) is 3.81. The Labute approximate surface area is 106 Å². The summed E-state index contributed by atoms with van der Waals surface area (Å²) in [6.07, 6.45) is 3.30. The fourth-order valence-corrected chi connectivity index (χ4v) is 1.86. The third kappa shape index (κ3) is 2.61. The number of hydrogen-bond acceptors (Lipinski definition) is 7. The molecule has 0 amide bonds. The highest BCUT2D eigenvalue weighted by Crippen LogP contribution is 2.34. The molecular formula is C11H18N4O3. The third-order valence-corrected chi connectivity index (χ3v) is 3.23. The molecule has 7 heteroatoms. The van der Waals surface area contributed by atoms with Crippen molar-refractivity contribution >= 4 is 5.95 Å². The predicted octanol–water partition coefficient (Wildman–Crippen LogP) is 0.870. The summed E-state index contributed by atoms with van der Waals surface area (Å²) in [6.45, 7) is 0.666. The van der Waals surface area contributed by atoms with E-state index in [1.807, 2.05) is 0 Å². The molecule has 1 saturated carbocycles. The third-order valence-electron chi connectivity index (χ3n) is 3.23. The van der Waals surface area contributed by atoms with Crippen molar-refractivity contribution in [1.82, 2.24) is 15.0 Å². The van der Waals surface area contributed by atoms with Gasteiger partial charge in [-0.1, -0.05) is 0 Å². The van der Waals surface area contributed by atoms with Gasteiger partial charge in [0.05, 0.1) is 19.8 Å². The zero-order chi connectivity index (χ0) is 13.0. The smallest absolute Gasteiger partial charge is 0.324 e. The van der Waals surface area contributed by atoms with Crippen LogP contribution in [0.4, 0.5) is 5.95 Å². The average Bonchev–Trinajstić information content (AvgIpc) is 2.37. The second-order valence-electron chi connectivity index (χ2n) is 4.23. The van der Waals surface area contributed by atoms with Gasteiger partial charge < -0.3 is 19.5 Å². The Morgan fingerprint density at radius 1 is 1.06 bits per heavy atom. The maximum Gasteiger partial charge on any atom is 0.324 e. The maximum absolute atomic E-state index is 5.51. The van der Waals surface area contributed by atoms with Crippen LogP contribution >= 0.6 is 0 Å². The molecule has 7 nitrogen and oxygen atoms in total. The lowest BCUT2D eigenvalue weighted by atomic mass is 9.80. The van der Waals surface area contributed by atoms with E-state index in [0.717, 1.165) is 12.8 Å². The first-order chi connectivity index (χ1) is 8.71. The summed E-state index contributed by atoms with van der Waals surface area (Å²) in [5, 5.41) is 3.14. The van der Waals surface area contributed by atoms with Gasteiger partial charge in [0.1, 0.15) is 0 Å². The number of aromatic nitrogens is 3. The fourth-order valence-electron chi connectivity index (χ4n) is 1.86. The van der Waals surface area contributed by atoms with Gasteiger partial charge in [-0.3, -0.25) is 0 Å². The first kappa shape index (κ1) is 12.8. The number of anilines is 1. The molecule has 1 heterocycles. The van der Waals surface area contributed by atoms with Crippen LogP contribution in [0.2, 0.25) is 0 Å². The molecule has 1 aromatic rings. The van der Waals surface area contributed by atoms with Crippen molar-refractivity contribution in [2.24, 2.45) is 0 Å². The number of rotatable bonds is 6. The van der Waals surface area contributed by atoms with Crippen LogP contribution < -0.4 is 14.8 Å². The van der Waals surface area contributed by atoms with Crippen molar-refractivity contribution in [1.29, 1.82) is 0 Å². The zero-order valence-corrected chi connectivity index (χ0v) is 10.9. The summed E-state index contributed by atoms with van der Waals surface area (Å²) < 4.78 is 15.5. The number of methoxy groups -OCH3 is 3. The lowest BCUT2D eigenvalue weighted by Gasteiger charge is -2.40. The Morgan fingerprint density at radius 2 is 1.67 bits per heavy atom. The van der Waals surface area contributed by atoms with Gasteiger partial charge in [-0.2, -0.15) is 9.97 Å². The number of hydrogen-bond donors (Lipinski definition) is 1. The second kappa shape index (κ2) is 5.34. The highest BCUT2D eigenvalue weighted by Gasteiger charge is 2.36. The van der Waals surface area contributed by atoms with Crippen LogP contribution in [0.1, 0.15) is 19.3 Å². The number of nitrogens with zero attached hydrogens (tertiary/aromatic N) is 3. The summed E-state index contributed by atoms with van der Waals surface area (Å²) in [6, 6.07) is 0.453. The molecule has 0 aromatic carbocycles. The Bertz CT molecular complexity index is 382. The molecule has 0 atom stereocenters. The summed E-state index contributed by atoms with van der Waals surface area (Å²) >= 11 is 0. The van der Waals surface area contributed by atoms with Crippen LogP contribution in [-0.4, -0.2) is 48.4 Å². The standard InChI is InChI=1S/C11H18N4O3/c1-16-9-13-8(14-10(15-9)17-2)12-7-11(18-3)5-4-6-11/h4-7H2,1-3H3,(H,12,13,14,15). The van der Waals surface area contributed by atoms with Gasteiger partial charge in [-0.05, 0) is 19.3 Å². The van der Waals surface area contributed by atoms with Gasteiger partial charge in [0.2, 0.25) is 5.95 Å². The van der Waals surface area contributed by atoms with Crippen LogP contribution in [0.15, 0.2) is 0 Å². The molecule has 1 N–H and O–H groups in total. The van der Waals surface area contributed by atoms with Crippen LogP contribution in [0.5, 0.6) is 12.0 Å². The van der Waals surface area contributed by atoms with E-state index < -0.39 is 0 Å². The van der Waals surface area contributed by atoms with E-state index >= 15 is 0 Å². The molecule has 0 aliphatic heterocycles. The molecule has 100 valence electrons. The van der Waals surface area contributed by atoms with Gasteiger partial charge in [0, 0.05) is 13.7 Å². The van der Waals surface area contributed by atoms with Crippen molar-refractivity contribution in [3.8, 4) is 12.0 Å². The van der Waals surface area contributed by atoms with E-state index in [1.165, 1.54) is 20.6 Å². The molecule has 2 rings (SSSR count). The molecule has 18 heavy (non-hydrogen) atoms. The van der Waals surface area contributed by atoms with Crippen LogP contribution in [-0.2, 0) is 4.74 Å². The molecule has 1 aliphatic carbocycles. The molecule has 0 radical (unpaired) electrons. The molecule has 1 aliphatic rings. The van der Waals surface area contributed by atoms with Gasteiger partial charge in [-0.15, -0.1) is 4.98 Å². The summed E-state index contributed by atoms with van der Waals surface area (Å²) in [7, 11) is 4.73. The highest BCUT2D eigenvalue weighted by atomic mass is 16.5. The van der Waals surface area contributed by atoms with Crippen molar-refractivity contribution in [3.05, 3.63) is 0 Å². The van der Waals surface area contributed by atoms with Gasteiger partial charge in [0.25, 0.3) is 0 Å². The minimum absolute atomic E-state index is 0.0902. The predicted molar refractivity (Wildman–Crippen MR) is 65.0 cm³/mol. The molecule has 1 fully saturated rings. The van der Waals surface area contributed by atoms with Gasteiger partial charge in [-0.25, -0.2) is 0 Å². The first-order valence-electron chi connectivity index (χ1n) is 5.84. The van der Waals surface area contributed by atoms with Gasteiger partial charge in [0.15, 0.2) is 0 Å². The fraction of sp³-hybridized carbons (Fsp3) is 0.727. The molecule has 1 aromatic heterocycles. The van der Waals surface area contributed by atoms with Crippen LogP contribution in [0, 0.1) is 0 Å². The minimum Gasteiger partial charge on any atom is -0.467 e. The van der Waals surface area contributed by atoms with E-state index in [-0.39, 0.29) is 17.6 Å². The molecular weight excluding hydrogens is 236 g/mol. The second-order valence-corrected chi connectivity index (χ2v) is 4.23. The van der Waals surface area contributed by atoms with Crippen LogP contribution in [0.25, 0.3) is 0 Å². The molecule has 0 bridgehead atoms. The summed E-state index contributed by atoms with van der Waals surface area (Å²) in [5.41, 5.74) is -0.0902. The molecule has 0 spiro atoms. The average molecular weight is 254 g/mol. The lowest BCUT2D eigenvalue weighted by molar-refractivity contribution is -0.0602. The lowest BCUT2D eigenvalue weighted by Crippen LogP contribution is -2.45. The van der Waals surface area contributed by atoms with E-state index in [2.05, 4.69) is 20.3 Å². The SMILES string of the molecule is COc1nc(NCC2(OC)CCC2)nc(OC)n1. The normalized spacial score (nSPS) is 16.8. The van der Waals surface area contributed by atoms with Crippen molar-refractivity contribution < 1.29 is 14.2 Å². The van der Waals surface area contributed by atoms with Crippen molar-refractivity contribution in [2.75, 3.05) is 33.2 Å². The van der Waals surface area contributed by atoms with E-state index in [4.69, 9.17) is 14.2 Å². The van der Waals surface area contributed by atoms with E-state index in [9.17, 15) is 0 Å². The van der Waals surface area contributed by atoms with Crippen LogP contribution in [0.3, 0.4) is 0 Å². The van der Waals surface area contributed by atoms with E-state index in [1.54, 1.807) is 7.11 Å². The Hall–Kier alpha value is -1.63. The topological polar surface area (TPSA) is 78.4 Å². The molecule has 0 saturated heterocycles. The van der Waals surface area contributed by atoms with Gasteiger partial charge >= 0.3 is 12.0 Å². The zero-order valence-electron chi connectivity index (χ0n) is 10.9. The first-order valence-corrected chi connectivity index (χ1v) is 5.84. The summed E-state index contributed by atoms with van der Waals surface area (Å²) in [5.74, 6) is 0.432. The van der Waals surface area contributed by atoms with Crippen molar-refractivity contribution in [2.45, 2.75) is 24.9 Å².